The largest absolute Gasteiger partial charge is 0.504 e. The number of fused-ring (bicyclic) bond motifs is 1. The van der Waals surface area contributed by atoms with E-state index >= 15 is 0 Å². The fourth-order valence-corrected chi connectivity index (χ4v) is 2.99. The first-order valence-corrected chi connectivity index (χ1v) is 7.27. The molecule has 0 spiro atoms. The van der Waals surface area contributed by atoms with Gasteiger partial charge in [0.15, 0.2) is 5.75 Å². The molecule has 3 N–H and O–H groups in total. The Hall–Kier alpha value is -1.56. The minimum absolute atomic E-state index is 0.0765. The number of phenolic OH excluding ortho intramolecular Hbond substituents is 1. The second-order valence-electron chi connectivity index (χ2n) is 4.02. The summed E-state index contributed by atoms with van der Waals surface area (Å²) < 4.78 is 3.03. The summed E-state index contributed by atoms with van der Waals surface area (Å²) in [6, 6.07) is 11.1. The first-order valence-electron chi connectivity index (χ1n) is 5.70. The molecular formula is C13H9Cl2N3OS. The van der Waals surface area contributed by atoms with Crippen LogP contribution in [0.5, 0.6) is 5.75 Å². The Morgan fingerprint density at radius 3 is 2.65 bits per heavy atom. The fraction of sp³-hybridized carbons (Fsp3) is 0. The maximum absolute atomic E-state index is 9.99. The van der Waals surface area contributed by atoms with Crippen molar-refractivity contribution < 1.29 is 5.11 Å². The zero-order valence-electron chi connectivity index (χ0n) is 10.0. The highest BCUT2D eigenvalue weighted by Gasteiger charge is 2.21. The summed E-state index contributed by atoms with van der Waals surface area (Å²) in [7, 11) is 0. The standard InChI is InChI=1S/C13H9Cl2N3OS/c14-8-6-9(15)12-10(11(8)19)17-13(18-20-12)16-7-4-2-1-3-5-7/h1-6,19H,(H2,16,17,18). The van der Waals surface area contributed by atoms with E-state index < -0.39 is 0 Å². The zero-order chi connectivity index (χ0) is 14.1. The van der Waals surface area contributed by atoms with Gasteiger partial charge in [-0.2, -0.15) is 0 Å². The maximum Gasteiger partial charge on any atom is 0.211 e. The van der Waals surface area contributed by atoms with Crippen molar-refractivity contribution in [3.05, 3.63) is 46.4 Å². The predicted molar refractivity (Wildman–Crippen MR) is 84.3 cm³/mol. The van der Waals surface area contributed by atoms with Crippen LogP contribution in [0.3, 0.4) is 0 Å². The van der Waals surface area contributed by atoms with E-state index in [4.69, 9.17) is 23.2 Å². The lowest BCUT2D eigenvalue weighted by Crippen LogP contribution is -2.26. The molecule has 1 aliphatic rings. The molecule has 4 nitrogen and oxygen atoms in total. The highest BCUT2D eigenvalue weighted by atomic mass is 35.5. The molecule has 0 saturated heterocycles. The van der Waals surface area contributed by atoms with Crippen LogP contribution in [0.15, 0.2) is 46.3 Å². The normalized spacial score (nSPS) is 13.2. The molecule has 0 atom stereocenters. The van der Waals surface area contributed by atoms with Gasteiger partial charge in [0.05, 0.1) is 14.9 Å². The van der Waals surface area contributed by atoms with E-state index in [1.54, 1.807) is 0 Å². The summed E-state index contributed by atoms with van der Waals surface area (Å²) in [6.45, 7) is 0. The second kappa shape index (κ2) is 5.44. The molecule has 0 bridgehead atoms. The number of phenols is 1. The summed E-state index contributed by atoms with van der Waals surface area (Å²) >= 11 is 13.3. The SMILES string of the molecule is Oc1c(Cl)cc(Cl)c2c1N=C(Nc1ccccc1)NS2. The van der Waals surface area contributed by atoms with Crippen molar-refractivity contribution in [3.63, 3.8) is 0 Å². The molecule has 1 heterocycles. The predicted octanol–water partition coefficient (Wildman–Crippen LogP) is 4.41. The summed E-state index contributed by atoms with van der Waals surface area (Å²) in [4.78, 5) is 4.96. The van der Waals surface area contributed by atoms with Crippen molar-refractivity contribution in [3.8, 4) is 5.75 Å². The Kier molecular flexibility index (Phi) is 3.65. The molecule has 0 aliphatic carbocycles. The van der Waals surface area contributed by atoms with Crippen LogP contribution in [-0.4, -0.2) is 11.1 Å². The molecule has 0 unspecified atom stereocenters. The maximum atomic E-state index is 9.99. The van der Waals surface area contributed by atoms with Gasteiger partial charge in [-0.1, -0.05) is 41.4 Å². The van der Waals surface area contributed by atoms with Gasteiger partial charge in [-0.3, -0.25) is 4.72 Å². The van der Waals surface area contributed by atoms with E-state index in [2.05, 4.69) is 15.0 Å². The van der Waals surface area contributed by atoms with Crippen molar-refractivity contribution in [2.45, 2.75) is 4.90 Å². The summed E-state index contributed by atoms with van der Waals surface area (Å²) in [5.74, 6) is 0.426. The number of guanidine groups is 1. The third-order valence-corrected chi connectivity index (χ3v) is 4.26. The number of hydrogen-bond acceptors (Lipinski definition) is 5. The van der Waals surface area contributed by atoms with Gasteiger partial charge in [0, 0.05) is 5.69 Å². The monoisotopic (exact) mass is 325 g/mol. The molecule has 2 aromatic rings. The Balaban J connectivity index is 1.98. The molecule has 0 amide bonds. The number of hydrogen-bond donors (Lipinski definition) is 3. The Labute approximate surface area is 130 Å². The van der Waals surface area contributed by atoms with Gasteiger partial charge < -0.3 is 10.4 Å². The minimum Gasteiger partial charge on any atom is -0.504 e. The van der Waals surface area contributed by atoms with Gasteiger partial charge in [-0.05, 0) is 30.1 Å². The van der Waals surface area contributed by atoms with Crippen LogP contribution in [0, 0.1) is 0 Å². The van der Waals surface area contributed by atoms with Crippen molar-refractivity contribution >= 4 is 52.5 Å². The quantitative estimate of drug-likeness (QED) is 0.680. The number of rotatable bonds is 1. The number of aliphatic imine (C=N–C) groups is 1. The molecule has 20 heavy (non-hydrogen) atoms. The number of aromatic hydroxyl groups is 1. The lowest BCUT2D eigenvalue weighted by Gasteiger charge is -2.19. The number of nitrogens with zero attached hydrogens (tertiary/aromatic N) is 1. The molecule has 1 aliphatic heterocycles. The smallest absolute Gasteiger partial charge is 0.211 e. The van der Waals surface area contributed by atoms with Crippen LogP contribution in [0.25, 0.3) is 0 Å². The molecule has 0 aromatic heterocycles. The third kappa shape index (κ3) is 2.52. The average Bonchev–Trinajstić information content (AvgIpc) is 2.46. The number of anilines is 1. The summed E-state index contributed by atoms with van der Waals surface area (Å²) in [5, 5.41) is 13.7. The summed E-state index contributed by atoms with van der Waals surface area (Å²) in [5.41, 5.74) is 1.25. The van der Waals surface area contributed by atoms with Gasteiger partial charge in [0.1, 0.15) is 5.69 Å². The zero-order valence-corrected chi connectivity index (χ0v) is 12.4. The van der Waals surface area contributed by atoms with Gasteiger partial charge >= 0.3 is 0 Å². The van der Waals surface area contributed by atoms with E-state index in [1.165, 1.54) is 18.0 Å². The molecule has 0 saturated carbocycles. The van der Waals surface area contributed by atoms with Crippen molar-refractivity contribution in [2.24, 2.45) is 4.99 Å². The Bertz CT molecular complexity index is 692. The molecule has 102 valence electrons. The van der Waals surface area contributed by atoms with E-state index in [9.17, 15) is 5.11 Å². The lowest BCUT2D eigenvalue weighted by molar-refractivity contribution is 0.475. The minimum atomic E-state index is -0.0765. The highest BCUT2D eigenvalue weighted by molar-refractivity contribution is 7.98. The van der Waals surface area contributed by atoms with Crippen molar-refractivity contribution in [1.29, 1.82) is 0 Å². The molecule has 7 heteroatoms. The fourth-order valence-electron chi connectivity index (χ4n) is 1.73. The van der Waals surface area contributed by atoms with Gasteiger partial charge in [0.2, 0.25) is 5.96 Å². The lowest BCUT2D eigenvalue weighted by atomic mass is 10.3. The van der Waals surface area contributed by atoms with Crippen LogP contribution >= 0.6 is 35.1 Å². The first-order chi connectivity index (χ1) is 9.65. The number of halogens is 2. The molecule has 0 fully saturated rings. The van der Waals surface area contributed by atoms with Crippen molar-refractivity contribution in [1.82, 2.24) is 4.72 Å². The number of benzene rings is 2. The van der Waals surface area contributed by atoms with E-state index in [-0.39, 0.29) is 10.8 Å². The molecular weight excluding hydrogens is 317 g/mol. The van der Waals surface area contributed by atoms with E-state index in [0.717, 1.165) is 5.69 Å². The van der Waals surface area contributed by atoms with Crippen molar-refractivity contribution in [2.75, 3.05) is 5.32 Å². The highest BCUT2D eigenvalue weighted by Crippen LogP contribution is 2.47. The van der Waals surface area contributed by atoms with Gasteiger partial charge in [-0.25, -0.2) is 4.99 Å². The van der Waals surface area contributed by atoms with E-state index in [0.29, 0.717) is 21.6 Å². The Morgan fingerprint density at radius 2 is 1.90 bits per heavy atom. The van der Waals surface area contributed by atoms with Crippen LogP contribution < -0.4 is 10.0 Å². The van der Waals surface area contributed by atoms with Crippen LogP contribution in [0.4, 0.5) is 11.4 Å². The van der Waals surface area contributed by atoms with Crippen LogP contribution in [-0.2, 0) is 0 Å². The Morgan fingerprint density at radius 1 is 1.15 bits per heavy atom. The topological polar surface area (TPSA) is 56.7 Å². The first kappa shape index (κ1) is 13.4. The van der Waals surface area contributed by atoms with E-state index in [1.807, 2.05) is 30.3 Å². The van der Waals surface area contributed by atoms with Gasteiger partial charge in [-0.15, -0.1) is 0 Å². The average molecular weight is 326 g/mol. The second-order valence-corrected chi connectivity index (χ2v) is 5.65. The molecule has 3 rings (SSSR count). The summed E-state index contributed by atoms with van der Waals surface area (Å²) in [6.07, 6.45) is 0. The number of nitrogens with one attached hydrogen (secondary N) is 2. The third-order valence-electron chi connectivity index (χ3n) is 2.65. The molecule has 0 radical (unpaired) electrons. The number of para-hydroxylation sites is 1. The van der Waals surface area contributed by atoms with Crippen LogP contribution in [0.2, 0.25) is 10.0 Å². The van der Waals surface area contributed by atoms with Gasteiger partial charge in [0.25, 0.3) is 0 Å². The molecule has 2 aromatic carbocycles. The van der Waals surface area contributed by atoms with Crippen LogP contribution in [0.1, 0.15) is 0 Å².